The number of ketones is 1. The highest BCUT2D eigenvalue weighted by Gasteiger charge is 2.67. The molecule has 162 valence electrons. The first-order valence-electron chi connectivity index (χ1n) is 11.6. The van der Waals surface area contributed by atoms with Crippen molar-refractivity contribution in [1.29, 1.82) is 0 Å². The van der Waals surface area contributed by atoms with Crippen LogP contribution in [0.15, 0.2) is 23.3 Å². The second-order valence-corrected chi connectivity index (χ2v) is 10.5. The average molecular weight is 413 g/mol. The molecule has 0 radical (unpaired) electrons. The van der Waals surface area contributed by atoms with Crippen molar-refractivity contribution in [2.75, 3.05) is 6.61 Å². The van der Waals surface area contributed by atoms with Crippen molar-refractivity contribution in [3.63, 3.8) is 0 Å². The first-order chi connectivity index (χ1) is 14.2. The number of carbonyl (C=O) groups excluding carboxylic acids is 3. The van der Waals surface area contributed by atoms with E-state index < -0.39 is 5.60 Å². The highest BCUT2D eigenvalue weighted by Crippen LogP contribution is 2.69. The summed E-state index contributed by atoms with van der Waals surface area (Å²) >= 11 is 0. The van der Waals surface area contributed by atoms with Crippen LogP contribution < -0.4 is 0 Å². The molecular formula is C25H32O5. The van der Waals surface area contributed by atoms with Crippen LogP contribution in [0.2, 0.25) is 0 Å². The molecule has 2 saturated carbocycles. The second kappa shape index (κ2) is 6.54. The molecule has 0 N–H and O–H groups in total. The maximum absolute atomic E-state index is 13.1. The predicted octanol–water partition coefficient (Wildman–Crippen LogP) is 4.30. The normalized spacial score (nSPS) is 44.6. The number of hydrogen-bond donors (Lipinski definition) is 0. The molecule has 5 nitrogen and oxygen atoms in total. The zero-order valence-corrected chi connectivity index (χ0v) is 18.3. The van der Waals surface area contributed by atoms with Gasteiger partial charge in [-0.1, -0.05) is 31.1 Å². The molecule has 6 atom stereocenters. The molecule has 3 fully saturated rings. The van der Waals surface area contributed by atoms with E-state index in [4.69, 9.17) is 9.47 Å². The van der Waals surface area contributed by atoms with Gasteiger partial charge in [0.25, 0.3) is 0 Å². The van der Waals surface area contributed by atoms with Gasteiger partial charge in [0.15, 0.2) is 5.78 Å². The van der Waals surface area contributed by atoms with Crippen LogP contribution in [0.25, 0.3) is 0 Å². The Kier molecular flexibility index (Phi) is 4.37. The molecule has 1 heterocycles. The number of fused-ring (bicyclic) bond motifs is 6. The third-order valence-corrected chi connectivity index (χ3v) is 9.31. The highest BCUT2D eigenvalue weighted by atomic mass is 16.6. The molecule has 1 saturated heterocycles. The lowest BCUT2D eigenvalue weighted by Crippen LogP contribution is -2.54. The van der Waals surface area contributed by atoms with Gasteiger partial charge in [-0.15, -0.1) is 0 Å². The summed E-state index contributed by atoms with van der Waals surface area (Å²) in [5.41, 5.74) is 1.73. The van der Waals surface area contributed by atoms with Crippen LogP contribution in [0.1, 0.15) is 72.1 Å². The molecule has 0 unspecified atom stereocenters. The van der Waals surface area contributed by atoms with E-state index in [0.29, 0.717) is 25.9 Å². The number of allylic oxidation sites excluding steroid dienone is 4. The van der Waals surface area contributed by atoms with Crippen molar-refractivity contribution in [2.45, 2.75) is 77.7 Å². The minimum Gasteiger partial charge on any atom is -0.466 e. The van der Waals surface area contributed by atoms with Gasteiger partial charge < -0.3 is 9.47 Å². The maximum atomic E-state index is 13.1. The highest BCUT2D eigenvalue weighted by molar-refractivity contribution is 5.92. The Balaban J connectivity index is 1.62. The molecule has 1 spiro atoms. The Bertz CT molecular complexity index is 884. The van der Waals surface area contributed by atoms with Crippen molar-refractivity contribution in [1.82, 2.24) is 0 Å². The van der Waals surface area contributed by atoms with Crippen LogP contribution in [0.5, 0.6) is 0 Å². The molecule has 0 aromatic rings. The van der Waals surface area contributed by atoms with Gasteiger partial charge in [-0.05, 0) is 63.4 Å². The van der Waals surface area contributed by atoms with E-state index in [1.807, 2.05) is 6.92 Å². The Labute approximate surface area is 178 Å². The van der Waals surface area contributed by atoms with Gasteiger partial charge in [0.2, 0.25) is 0 Å². The quantitative estimate of drug-likeness (QED) is 0.499. The minimum atomic E-state index is -0.393. The van der Waals surface area contributed by atoms with E-state index in [0.717, 1.165) is 37.7 Å². The summed E-state index contributed by atoms with van der Waals surface area (Å²) in [6.45, 7) is 6.74. The molecule has 0 aromatic carbocycles. The zero-order valence-electron chi connectivity index (χ0n) is 18.3. The number of esters is 2. The lowest BCUT2D eigenvalue weighted by atomic mass is 9.48. The first-order valence-corrected chi connectivity index (χ1v) is 11.6. The molecule has 0 aromatic heterocycles. The van der Waals surface area contributed by atoms with Crippen LogP contribution in [-0.2, 0) is 23.9 Å². The van der Waals surface area contributed by atoms with E-state index in [-0.39, 0.29) is 46.3 Å². The van der Waals surface area contributed by atoms with Gasteiger partial charge in [0.05, 0.1) is 12.5 Å². The minimum absolute atomic E-state index is 0.0831. The second-order valence-electron chi connectivity index (χ2n) is 10.5. The Morgan fingerprint density at radius 2 is 2.00 bits per heavy atom. The van der Waals surface area contributed by atoms with Crippen LogP contribution in [0, 0.1) is 28.6 Å². The molecule has 5 aliphatic rings. The average Bonchev–Trinajstić information content (AvgIpc) is 3.22. The zero-order chi connectivity index (χ0) is 21.3. The van der Waals surface area contributed by atoms with Crippen LogP contribution in [0.3, 0.4) is 0 Å². The Morgan fingerprint density at radius 1 is 1.20 bits per heavy atom. The van der Waals surface area contributed by atoms with Crippen molar-refractivity contribution in [3.05, 3.63) is 23.3 Å². The topological polar surface area (TPSA) is 69.7 Å². The van der Waals surface area contributed by atoms with Gasteiger partial charge >= 0.3 is 11.9 Å². The molecule has 1 aliphatic heterocycles. The molecule has 5 rings (SSSR count). The fraction of sp³-hybridized carbons (Fsp3) is 0.720. The maximum Gasteiger partial charge on any atom is 0.309 e. The van der Waals surface area contributed by atoms with Gasteiger partial charge in [-0.3, -0.25) is 14.4 Å². The van der Waals surface area contributed by atoms with Crippen molar-refractivity contribution >= 4 is 17.7 Å². The number of carbonyl (C=O) groups is 3. The van der Waals surface area contributed by atoms with Gasteiger partial charge in [0.1, 0.15) is 5.60 Å². The van der Waals surface area contributed by atoms with Crippen LogP contribution >= 0.6 is 0 Å². The summed E-state index contributed by atoms with van der Waals surface area (Å²) in [7, 11) is 0. The number of rotatable bonds is 2. The van der Waals surface area contributed by atoms with E-state index in [1.165, 1.54) is 5.57 Å². The van der Waals surface area contributed by atoms with Crippen LogP contribution in [0.4, 0.5) is 0 Å². The first kappa shape index (κ1) is 20.0. The molecule has 0 amide bonds. The summed E-state index contributed by atoms with van der Waals surface area (Å²) in [5.74, 6) is 0.0506. The van der Waals surface area contributed by atoms with Crippen LogP contribution in [-0.4, -0.2) is 29.9 Å². The fourth-order valence-electron chi connectivity index (χ4n) is 7.63. The molecule has 4 aliphatic carbocycles. The van der Waals surface area contributed by atoms with Gasteiger partial charge in [0, 0.05) is 23.7 Å². The van der Waals surface area contributed by atoms with E-state index in [2.05, 4.69) is 19.9 Å². The summed E-state index contributed by atoms with van der Waals surface area (Å²) in [5, 5.41) is 0. The SMILES string of the molecule is CCOC(=O)[C@@H]1CC2=CC(=O)CC[C@]2(C)C2=CC[C@@]3(C)[C@@H](CC[C@@]34CCC(=O)O4)[C@@H]21. The molecule has 0 bridgehead atoms. The largest absolute Gasteiger partial charge is 0.466 e. The van der Waals surface area contributed by atoms with Gasteiger partial charge in [-0.2, -0.15) is 0 Å². The van der Waals surface area contributed by atoms with Crippen molar-refractivity contribution in [2.24, 2.45) is 28.6 Å². The molecular weight excluding hydrogens is 380 g/mol. The predicted molar refractivity (Wildman–Crippen MR) is 110 cm³/mol. The van der Waals surface area contributed by atoms with Crippen molar-refractivity contribution in [3.8, 4) is 0 Å². The summed E-state index contributed by atoms with van der Waals surface area (Å²) in [6, 6.07) is 0. The molecule has 30 heavy (non-hydrogen) atoms. The summed E-state index contributed by atoms with van der Waals surface area (Å²) in [6.07, 6.45) is 10.1. The Morgan fingerprint density at radius 3 is 2.70 bits per heavy atom. The Hall–Kier alpha value is -1.91. The third kappa shape index (κ3) is 2.50. The lowest BCUT2D eigenvalue weighted by molar-refractivity contribution is -0.164. The molecule has 5 heteroatoms. The van der Waals surface area contributed by atoms with E-state index in [1.54, 1.807) is 6.08 Å². The summed E-state index contributed by atoms with van der Waals surface area (Å²) in [4.78, 5) is 37.4. The van der Waals surface area contributed by atoms with Gasteiger partial charge in [-0.25, -0.2) is 0 Å². The third-order valence-electron chi connectivity index (χ3n) is 9.31. The van der Waals surface area contributed by atoms with E-state index >= 15 is 0 Å². The fourth-order valence-corrected chi connectivity index (χ4v) is 7.63. The monoisotopic (exact) mass is 412 g/mol. The standard InChI is InChI=1S/C25H32O5/c1-4-29-22(28)17-14-15-13-16(26)5-9-23(15,2)18-6-10-24(3)19(21(17)18)7-11-25(24)12-8-20(27)30-25/h6,13,17,19,21H,4-5,7-12,14H2,1-3H3/t17-,19+,21-,23+,24+,25-/m1/s1. The smallest absolute Gasteiger partial charge is 0.309 e. The number of hydrogen-bond acceptors (Lipinski definition) is 5. The summed E-state index contributed by atoms with van der Waals surface area (Å²) < 4.78 is 11.5. The number of ether oxygens (including phenoxy) is 2. The van der Waals surface area contributed by atoms with E-state index in [9.17, 15) is 14.4 Å². The van der Waals surface area contributed by atoms with Crippen molar-refractivity contribution < 1.29 is 23.9 Å². The lowest BCUT2D eigenvalue weighted by Gasteiger charge is -2.56.